The van der Waals surface area contributed by atoms with Crippen LogP contribution in [0.15, 0.2) is 0 Å². The second-order valence-electron chi connectivity index (χ2n) is 4.40. The van der Waals surface area contributed by atoms with Crippen molar-refractivity contribution in [1.29, 1.82) is 0 Å². The van der Waals surface area contributed by atoms with Crippen LogP contribution >= 0.6 is 0 Å². The summed E-state index contributed by atoms with van der Waals surface area (Å²) in [4.78, 5) is 0. The topological polar surface area (TPSA) is 29.5 Å². The first-order valence-corrected chi connectivity index (χ1v) is 5.85. The van der Waals surface area contributed by atoms with E-state index in [9.17, 15) is 5.11 Å². The van der Waals surface area contributed by atoms with E-state index in [0.717, 1.165) is 26.1 Å². The molecule has 0 aromatic carbocycles. The fourth-order valence-corrected chi connectivity index (χ4v) is 1.70. The molecule has 0 spiro atoms. The Morgan fingerprint density at radius 1 is 1.14 bits per heavy atom. The zero-order valence-corrected chi connectivity index (χ0v) is 10.1. The summed E-state index contributed by atoms with van der Waals surface area (Å²) in [6.07, 6.45) is 3.08. The Labute approximate surface area is 88.7 Å². The SMILES string of the molecule is CCCCOCCC(C(C)C)C(C)O. The summed E-state index contributed by atoms with van der Waals surface area (Å²) in [5, 5.41) is 9.53. The highest BCUT2D eigenvalue weighted by Crippen LogP contribution is 2.19. The minimum Gasteiger partial charge on any atom is -0.393 e. The minimum atomic E-state index is -0.218. The molecule has 0 aliphatic heterocycles. The maximum absolute atomic E-state index is 9.53. The van der Waals surface area contributed by atoms with Gasteiger partial charge in [-0.25, -0.2) is 0 Å². The number of unbranched alkanes of at least 4 members (excludes halogenated alkanes) is 1. The van der Waals surface area contributed by atoms with E-state index in [2.05, 4.69) is 20.8 Å². The van der Waals surface area contributed by atoms with Gasteiger partial charge in [-0.05, 0) is 31.6 Å². The molecule has 2 heteroatoms. The second-order valence-corrected chi connectivity index (χ2v) is 4.40. The van der Waals surface area contributed by atoms with Crippen LogP contribution in [-0.2, 0) is 4.74 Å². The fraction of sp³-hybridized carbons (Fsp3) is 1.00. The molecule has 0 aromatic rings. The molecule has 0 fully saturated rings. The number of ether oxygens (including phenoxy) is 1. The van der Waals surface area contributed by atoms with Crippen molar-refractivity contribution in [2.75, 3.05) is 13.2 Å². The second kappa shape index (κ2) is 8.25. The molecule has 0 aliphatic carbocycles. The van der Waals surface area contributed by atoms with Crippen LogP contribution < -0.4 is 0 Å². The summed E-state index contributed by atoms with van der Waals surface area (Å²) >= 11 is 0. The van der Waals surface area contributed by atoms with Gasteiger partial charge in [0.15, 0.2) is 0 Å². The normalized spacial score (nSPS) is 15.9. The predicted molar refractivity (Wildman–Crippen MR) is 60.4 cm³/mol. The zero-order chi connectivity index (χ0) is 11.0. The fourth-order valence-electron chi connectivity index (χ4n) is 1.70. The Morgan fingerprint density at radius 2 is 1.79 bits per heavy atom. The molecule has 1 N–H and O–H groups in total. The van der Waals surface area contributed by atoms with Crippen molar-refractivity contribution in [3.8, 4) is 0 Å². The highest BCUT2D eigenvalue weighted by molar-refractivity contribution is 4.68. The van der Waals surface area contributed by atoms with Crippen LogP contribution in [0.4, 0.5) is 0 Å². The number of aliphatic hydroxyl groups excluding tert-OH is 1. The van der Waals surface area contributed by atoms with E-state index in [1.54, 1.807) is 0 Å². The lowest BCUT2D eigenvalue weighted by Crippen LogP contribution is -2.23. The van der Waals surface area contributed by atoms with Gasteiger partial charge in [0.05, 0.1) is 6.10 Å². The van der Waals surface area contributed by atoms with Crippen molar-refractivity contribution in [2.45, 2.75) is 53.1 Å². The van der Waals surface area contributed by atoms with Crippen LogP contribution in [0.25, 0.3) is 0 Å². The molecule has 86 valence electrons. The van der Waals surface area contributed by atoms with Crippen LogP contribution in [0, 0.1) is 11.8 Å². The molecule has 0 amide bonds. The molecule has 2 unspecified atom stereocenters. The third-order valence-corrected chi connectivity index (χ3v) is 2.71. The summed E-state index contributed by atoms with van der Waals surface area (Å²) in [6.45, 7) is 9.99. The van der Waals surface area contributed by atoms with Crippen molar-refractivity contribution in [1.82, 2.24) is 0 Å². The summed E-state index contributed by atoms with van der Waals surface area (Å²) < 4.78 is 5.49. The van der Waals surface area contributed by atoms with E-state index in [1.807, 2.05) is 6.92 Å². The molecule has 0 bridgehead atoms. The first-order valence-electron chi connectivity index (χ1n) is 5.85. The number of aliphatic hydroxyl groups is 1. The van der Waals surface area contributed by atoms with E-state index >= 15 is 0 Å². The van der Waals surface area contributed by atoms with Crippen LogP contribution in [-0.4, -0.2) is 24.4 Å². The summed E-state index contributed by atoms with van der Waals surface area (Å²) in [6, 6.07) is 0. The Hall–Kier alpha value is -0.0800. The van der Waals surface area contributed by atoms with Crippen molar-refractivity contribution in [2.24, 2.45) is 11.8 Å². The van der Waals surface area contributed by atoms with Gasteiger partial charge in [0.25, 0.3) is 0 Å². The van der Waals surface area contributed by atoms with Crippen molar-refractivity contribution in [3.63, 3.8) is 0 Å². The van der Waals surface area contributed by atoms with Crippen LogP contribution in [0.5, 0.6) is 0 Å². The maximum atomic E-state index is 9.53. The Balaban J connectivity index is 3.52. The van der Waals surface area contributed by atoms with Gasteiger partial charge >= 0.3 is 0 Å². The maximum Gasteiger partial charge on any atom is 0.0543 e. The average molecular weight is 202 g/mol. The molecule has 14 heavy (non-hydrogen) atoms. The first kappa shape index (κ1) is 13.9. The van der Waals surface area contributed by atoms with Gasteiger partial charge in [0.2, 0.25) is 0 Å². The summed E-state index contributed by atoms with van der Waals surface area (Å²) in [5.74, 6) is 0.904. The average Bonchev–Trinajstić information content (AvgIpc) is 2.09. The lowest BCUT2D eigenvalue weighted by Gasteiger charge is -2.23. The first-order chi connectivity index (χ1) is 6.59. The number of rotatable bonds is 8. The molecule has 0 saturated heterocycles. The van der Waals surface area contributed by atoms with Gasteiger partial charge < -0.3 is 9.84 Å². The predicted octanol–water partition coefficient (Wildman–Crippen LogP) is 2.85. The standard InChI is InChI=1S/C12H26O2/c1-5-6-8-14-9-7-12(10(2)3)11(4)13/h10-13H,5-9H2,1-4H3. The highest BCUT2D eigenvalue weighted by atomic mass is 16.5. The van der Waals surface area contributed by atoms with Gasteiger partial charge in [0, 0.05) is 13.2 Å². The quantitative estimate of drug-likeness (QED) is 0.613. The van der Waals surface area contributed by atoms with E-state index in [4.69, 9.17) is 4.74 Å². The van der Waals surface area contributed by atoms with Gasteiger partial charge in [-0.15, -0.1) is 0 Å². The molecule has 0 rings (SSSR count). The largest absolute Gasteiger partial charge is 0.393 e. The lowest BCUT2D eigenvalue weighted by atomic mass is 9.88. The number of hydrogen-bond acceptors (Lipinski definition) is 2. The van der Waals surface area contributed by atoms with E-state index in [-0.39, 0.29) is 6.10 Å². The summed E-state index contributed by atoms with van der Waals surface area (Å²) in [5.41, 5.74) is 0. The molecule has 2 nitrogen and oxygen atoms in total. The third-order valence-electron chi connectivity index (χ3n) is 2.71. The molecule has 0 saturated carbocycles. The molecular weight excluding hydrogens is 176 g/mol. The van der Waals surface area contributed by atoms with Crippen LogP contribution in [0.1, 0.15) is 47.0 Å². The Kier molecular flexibility index (Phi) is 8.20. The van der Waals surface area contributed by atoms with Gasteiger partial charge in [-0.2, -0.15) is 0 Å². The Morgan fingerprint density at radius 3 is 2.21 bits per heavy atom. The lowest BCUT2D eigenvalue weighted by molar-refractivity contribution is 0.0543. The highest BCUT2D eigenvalue weighted by Gasteiger charge is 2.18. The molecule has 2 atom stereocenters. The Bertz CT molecular complexity index is 113. The molecule has 0 heterocycles. The smallest absolute Gasteiger partial charge is 0.0543 e. The molecule has 0 radical (unpaired) electrons. The molecule has 0 aromatic heterocycles. The van der Waals surface area contributed by atoms with Crippen LogP contribution in [0.2, 0.25) is 0 Å². The van der Waals surface area contributed by atoms with Gasteiger partial charge in [0.1, 0.15) is 0 Å². The zero-order valence-electron chi connectivity index (χ0n) is 10.1. The van der Waals surface area contributed by atoms with Gasteiger partial charge in [-0.1, -0.05) is 27.2 Å². The van der Waals surface area contributed by atoms with Gasteiger partial charge in [-0.3, -0.25) is 0 Å². The van der Waals surface area contributed by atoms with Crippen molar-refractivity contribution in [3.05, 3.63) is 0 Å². The monoisotopic (exact) mass is 202 g/mol. The van der Waals surface area contributed by atoms with E-state index in [0.29, 0.717) is 11.8 Å². The molecule has 0 aliphatic rings. The van der Waals surface area contributed by atoms with E-state index in [1.165, 1.54) is 6.42 Å². The van der Waals surface area contributed by atoms with Crippen LogP contribution in [0.3, 0.4) is 0 Å². The minimum absolute atomic E-state index is 0.218. The van der Waals surface area contributed by atoms with Crippen molar-refractivity contribution >= 4 is 0 Å². The van der Waals surface area contributed by atoms with E-state index < -0.39 is 0 Å². The summed E-state index contributed by atoms with van der Waals surface area (Å²) in [7, 11) is 0. The molecular formula is C12H26O2. The number of hydrogen-bond donors (Lipinski definition) is 1. The third kappa shape index (κ3) is 6.39. The van der Waals surface area contributed by atoms with Crippen molar-refractivity contribution < 1.29 is 9.84 Å².